The molecule has 0 aliphatic carbocycles. The molecule has 0 radical (unpaired) electrons. The van der Waals surface area contributed by atoms with Crippen molar-refractivity contribution in [1.82, 2.24) is 5.09 Å². The third kappa shape index (κ3) is 6.77. The molecule has 0 aliphatic rings. The van der Waals surface area contributed by atoms with Gasteiger partial charge in [0.05, 0.1) is 0 Å². The van der Waals surface area contributed by atoms with E-state index in [1.54, 1.807) is 0 Å². The van der Waals surface area contributed by atoms with Gasteiger partial charge in [-0.2, -0.15) is 0 Å². The second kappa shape index (κ2) is 7.06. The lowest BCUT2D eigenvalue weighted by molar-refractivity contribution is 0.703. The predicted octanol–water partition coefficient (Wildman–Crippen LogP) is 3.20. The molecule has 0 heterocycles. The summed E-state index contributed by atoms with van der Waals surface area (Å²) < 4.78 is 0. The standard InChI is InChI=1S/C9H22NP/c1-5-6-7-8-10-11(4)9(2)3/h9-10H,5-8H2,1-4H3. The Balaban J connectivity index is 3.10. The molecule has 0 aromatic rings. The van der Waals surface area contributed by atoms with Crippen molar-refractivity contribution in [3.05, 3.63) is 0 Å². The Morgan fingerprint density at radius 2 is 1.91 bits per heavy atom. The molecule has 68 valence electrons. The van der Waals surface area contributed by atoms with Gasteiger partial charge in [-0.15, -0.1) is 0 Å². The van der Waals surface area contributed by atoms with Gasteiger partial charge >= 0.3 is 0 Å². The molecular weight excluding hydrogens is 153 g/mol. The van der Waals surface area contributed by atoms with Crippen molar-refractivity contribution >= 4 is 8.07 Å². The highest BCUT2D eigenvalue weighted by Crippen LogP contribution is 2.30. The number of hydrogen-bond acceptors (Lipinski definition) is 1. The first-order valence-corrected chi connectivity index (χ1v) is 6.50. The summed E-state index contributed by atoms with van der Waals surface area (Å²) in [7, 11) is 0.0938. The Morgan fingerprint density at radius 3 is 2.36 bits per heavy atom. The first-order valence-electron chi connectivity index (χ1n) is 4.64. The Bertz CT molecular complexity index is 83.6. The molecule has 11 heavy (non-hydrogen) atoms. The number of rotatable bonds is 6. The maximum absolute atomic E-state index is 3.58. The van der Waals surface area contributed by atoms with Crippen molar-refractivity contribution in [2.24, 2.45) is 0 Å². The second-order valence-electron chi connectivity index (χ2n) is 3.32. The first kappa shape index (κ1) is 11.4. The Hall–Kier alpha value is 0.390. The van der Waals surface area contributed by atoms with Crippen LogP contribution in [0.25, 0.3) is 0 Å². The molecule has 0 saturated heterocycles. The van der Waals surface area contributed by atoms with Crippen LogP contribution in [0, 0.1) is 0 Å². The predicted molar refractivity (Wildman–Crippen MR) is 55.5 cm³/mol. The van der Waals surface area contributed by atoms with E-state index in [-0.39, 0.29) is 8.07 Å². The molecule has 0 fully saturated rings. The van der Waals surface area contributed by atoms with Gasteiger partial charge in [-0.05, 0) is 33.4 Å². The van der Waals surface area contributed by atoms with Crippen molar-refractivity contribution < 1.29 is 0 Å². The lowest BCUT2D eigenvalue weighted by Gasteiger charge is -2.17. The van der Waals surface area contributed by atoms with Crippen LogP contribution in [0.4, 0.5) is 0 Å². The van der Waals surface area contributed by atoms with Crippen molar-refractivity contribution in [2.45, 2.75) is 45.7 Å². The van der Waals surface area contributed by atoms with E-state index in [1.165, 1.54) is 25.8 Å². The van der Waals surface area contributed by atoms with Crippen LogP contribution in [-0.2, 0) is 0 Å². The van der Waals surface area contributed by atoms with E-state index >= 15 is 0 Å². The SMILES string of the molecule is CCCCCNP(C)C(C)C. The van der Waals surface area contributed by atoms with Gasteiger partial charge in [-0.25, -0.2) is 0 Å². The first-order chi connectivity index (χ1) is 5.18. The summed E-state index contributed by atoms with van der Waals surface area (Å²) in [6, 6.07) is 0. The van der Waals surface area contributed by atoms with Crippen LogP contribution in [0.5, 0.6) is 0 Å². The van der Waals surface area contributed by atoms with E-state index in [4.69, 9.17) is 0 Å². The minimum Gasteiger partial charge on any atom is -0.296 e. The van der Waals surface area contributed by atoms with Gasteiger partial charge in [0, 0.05) is 0 Å². The van der Waals surface area contributed by atoms with Crippen LogP contribution >= 0.6 is 8.07 Å². The Kier molecular flexibility index (Phi) is 7.31. The Labute approximate surface area is 72.8 Å². The topological polar surface area (TPSA) is 12.0 Å². The van der Waals surface area contributed by atoms with E-state index in [0.717, 1.165) is 5.66 Å². The molecular formula is C9H22NP. The van der Waals surface area contributed by atoms with Crippen molar-refractivity contribution in [2.75, 3.05) is 13.2 Å². The maximum Gasteiger partial charge on any atom is -0.000996 e. The van der Waals surface area contributed by atoms with E-state index in [0.29, 0.717) is 0 Å². The fourth-order valence-electron chi connectivity index (χ4n) is 0.813. The van der Waals surface area contributed by atoms with Crippen LogP contribution in [0.3, 0.4) is 0 Å². The van der Waals surface area contributed by atoms with E-state index in [1.807, 2.05) is 0 Å². The number of unbranched alkanes of at least 4 members (excludes halogenated alkanes) is 2. The zero-order chi connectivity index (χ0) is 8.69. The largest absolute Gasteiger partial charge is 0.296 e. The Morgan fingerprint density at radius 1 is 1.27 bits per heavy atom. The summed E-state index contributed by atoms with van der Waals surface area (Å²) in [5.41, 5.74) is 0.826. The molecule has 1 unspecified atom stereocenters. The summed E-state index contributed by atoms with van der Waals surface area (Å²) in [4.78, 5) is 0. The minimum absolute atomic E-state index is 0.0938. The summed E-state index contributed by atoms with van der Waals surface area (Å²) in [5, 5.41) is 3.58. The summed E-state index contributed by atoms with van der Waals surface area (Å²) in [6.07, 6.45) is 4.04. The molecule has 0 aromatic carbocycles. The molecule has 1 atom stereocenters. The van der Waals surface area contributed by atoms with Crippen molar-refractivity contribution in [1.29, 1.82) is 0 Å². The van der Waals surface area contributed by atoms with Gasteiger partial charge in [0.25, 0.3) is 0 Å². The average molecular weight is 175 g/mol. The fraction of sp³-hybridized carbons (Fsp3) is 1.00. The molecule has 0 aliphatic heterocycles. The quantitative estimate of drug-likeness (QED) is 0.483. The highest BCUT2D eigenvalue weighted by atomic mass is 31.1. The van der Waals surface area contributed by atoms with Crippen LogP contribution in [-0.4, -0.2) is 18.9 Å². The molecule has 0 amide bonds. The van der Waals surface area contributed by atoms with E-state index < -0.39 is 0 Å². The second-order valence-corrected chi connectivity index (χ2v) is 5.89. The summed E-state index contributed by atoms with van der Waals surface area (Å²) in [6.45, 7) is 10.4. The molecule has 0 saturated carbocycles. The van der Waals surface area contributed by atoms with Crippen LogP contribution in [0.2, 0.25) is 0 Å². The number of nitrogens with one attached hydrogen (secondary N) is 1. The van der Waals surface area contributed by atoms with E-state index in [9.17, 15) is 0 Å². The summed E-state index contributed by atoms with van der Waals surface area (Å²) in [5.74, 6) is 0. The van der Waals surface area contributed by atoms with Crippen LogP contribution in [0.15, 0.2) is 0 Å². The molecule has 0 aromatic heterocycles. The van der Waals surface area contributed by atoms with Gasteiger partial charge < -0.3 is 0 Å². The van der Waals surface area contributed by atoms with Gasteiger partial charge in [0.2, 0.25) is 0 Å². The number of hydrogen-bond donors (Lipinski definition) is 1. The van der Waals surface area contributed by atoms with Crippen LogP contribution < -0.4 is 5.09 Å². The maximum atomic E-state index is 3.58. The van der Waals surface area contributed by atoms with E-state index in [2.05, 4.69) is 32.5 Å². The molecule has 0 bridgehead atoms. The van der Waals surface area contributed by atoms with Gasteiger partial charge in [-0.1, -0.05) is 33.6 Å². The lowest BCUT2D eigenvalue weighted by Crippen LogP contribution is -2.12. The zero-order valence-corrected chi connectivity index (χ0v) is 9.25. The molecule has 0 rings (SSSR count). The fourth-order valence-corrected chi connectivity index (χ4v) is 1.69. The van der Waals surface area contributed by atoms with Crippen LogP contribution in [0.1, 0.15) is 40.0 Å². The lowest BCUT2D eigenvalue weighted by atomic mass is 10.3. The molecule has 1 nitrogen and oxygen atoms in total. The minimum atomic E-state index is 0.0938. The summed E-state index contributed by atoms with van der Waals surface area (Å²) >= 11 is 0. The highest BCUT2D eigenvalue weighted by Gasteiger charge is 2.03. The van der Waals surface area contributed by atoms with Gasteiger partial charge in [0.15, 0.2) is 0 Å². The highest BCUT2D eigenvalue weighted by molar-refractivity contribution is 7.55. The molecule has 2 heteroatoms. The molecule has 1 N–H and O–H groups in total. The smallest absolute Gasteiger partial charge is 0.000996 e. The van der Waals surface area contributed by atoms with Crippen molar-refractivity contribution in [3.63, 3.8) is 0 Å². The van der Waals surface area contributed by atoms with Crippen molar-refractivity contribution in [3.8, 4) is 0 Å². The van der Waals surface area contributed by atoms with Gasteiger partial charge in [-0.3, -0.25) is 5.09 Å². The third-order valence-corrected chi connectivity index (χ3v) is 4.19. The third-order valence-electron chi connectivity index (χ3n) is 1.92. The zero-order valence-electron chi connectivity index (χ0n) is 8.35. The normalized spacial score (nSPS) is 13.9. The monoisotopic (exact) mass is 175 g/mol. The van der Waals surface area contributed by atoms with Gasteiger partial charge in [0.1, 0.15) is 0 Å². The average Bonchev–Trinajstić information content (AvgIpc) is 1.97. The molecule has 0 spiro atoms.